The smallest absolute Gasteiger partial charge is 0.374 e. The van der Waals surface area contributed by atoms with Crippen LogP contribution in [0.15, 0.2) is 47.3 Å². The zero-order chi connectivity index (χ0) is 17.4. The highest BCUT2D eigenvalue weighted by Gasteiger charge is 2.17. The average molecular weight is 351 g/mol. The zero-order valence-corrected chi connectivity index (χ0v) is 14.1. The van der Waals surface area contributed by atoms with Crippen molar-refractivity contribution in [1.82, 2.24) is 15.0 Å². The molecule has 3 heterocycles. The minimum Gasteiger partial charge on any atom is -0.460 e. The maximum atomic E-state index is 12.3. The third-order valence-electron chi connectivity index (χ3n) is 3.73. The summed E-state index contributed by atoms with van der Waals surface area (Å²) in [6, 6.07) is 13.6. The van der Waals surface area contributed by atoms with Gasteiger partial charge in [-0.1, -0.05) is 30.3 Å². The van der Waals surface area contributed by atoms with Crippen LogP contribution in [-0.2, 0) is 4.74 Å². The number of hydrogen-bond donors (Lipinski definition) is 1. The van der Waals surface area contributed by atoms with Crippen molar-refractivity contribution in [2.45, 2.75) is 6.92 Å². The van der Waals surface area contributed by atoms with E-state index in [-0.39, 0.29) is 18.0 Å². The fraction of sp³-hybridized carbons (Fsp3) is 0.111. The maximum absolute atomic E-state index is 12.3. The summed E-state index contributed by atoms with van der Waals surface area (Å²) in [4.78, 5) is 36.3. The van der Waals surface area contributed by atoms with Gasteiger partial charge in [-0.05, 0) is 19.1 Å². The van der Waals surface area contributed by atoms with E-state index in [1.165, 1.54) is 11.3 Å². The predicted molar refractivity (Wildman–Crippen MR) is 96.9 cm³/mol. The maximum Gasteiger partial charge on any atom is 0.374 e. The van der Waals surface area contributed by atoms with E-state index >= 15 is 0 Å². The number of hydrogen-bond acceptors (Lipinski definition) is 6. The number of benzene rings is 1. The van der Waals surface area contributed by atoms with E-state index in [2.05, 4.69) is 15.0 Å². The standard InChI is InChI=1S/C18H13N3O3S/c1-2-24-18(23)15-20-13-11-8-9-12(10-6-4-3-5-7-10)19-17(11)25-14(13)16(22)21-15/h3-9H,2H2,1H3,(H,20,21,22). The number of aromatic amines is 1. The molecule has 4 rings (SSSR count). The number of carbonyl (C=O) groups excluding carboxylic acids is 1. The first-order valence-corrected chi connectivity index (χ1v) is 8.55. The van der Waals surface area contributed by atoms with Crippen molar-refractivity contribution >= 4 is 37.7 Å². The highest BCUT2D eigenvalue weighted by atomic mass is 32.1. The summed E-state index contributed by atoms with van der Waals surface area (Å²) in [7, 11) is 0. The van der Waals surface area contributed by atoms with E-state index in [0.29, 0.717) is 15.0 Å². The molecule has 0 bridgehead atoms. The van der Waals surface area contributed by atoms with Crippen LogP contribution in [-0.4, -0.2) is 27.5 Å². The number of ether oxygens (including phenoxy) is 1. The summed E-state index contributed by atoms with van der Waals surface area (Å²) in [6.07, 6.45) is 0. The molecule has 4 aromatic rings. The molecular weight excluding hydrogens is 338 g/mol. The van der Waals surface area contributed by atoms with E-state index in [4.69, 9.17) is 4.74 Å². The molecule has 0 aliphatic heterocycles. The van der Waals surface area contributed by atoms with E-state index in [0.717, 1.165) is 16.6 Å². The van der Waals surface area contributed by atoms with Crippen molar-refractivity contribution in [3.05, 3.63) is 58.6 Å². The SMILES string of the molecule is CCOC(=O)c1nc2c(sc3nc(-c4ccccc4)ccc32)c(=O)[nH]1. The molecule has 1 N–H and O–H groups in total. The Morgan fingerprint density at radius 1 is 1.16 bits per heavy atom. The predicted octanol–water partition coefficient (Wildman–Crippen LogP) is 3.38. The van der Waals surface area contributed by atoms with Gasteiger partial charge in [-0.25, -0.2) is 14.8 Å². The summed E-state index contributed by atoms with van der Waals surface area (Å²) in [5.41, 5.74) is 1.92. The lowest BCUT2D eigenvalue weighted by Gasteiger charge is -2.01. The van der Waals surface area contributed by atoms with Gasteiger partial charge in [-0.3, -0.25) is 9.78 Å². The Morgan fingerprint density at radius 3 is 2.72 bits per heavy atom. The minimum absolute atomic E-state index is 0.0915. The summed E-state index contributed by atoms with van der Waals surface area (Å²) in [6.45, 7) is 1.91. The molecule has 3 aromatic heterocycles. The molecule has 0 spiro atoms. The summed E-state index contributed by atoms with van der Waals surface area (Å²) >= 11 is 1.26. The van der Waals surface area contributed by atoms with Gasteiger partial charge < -0.3 is 4.74 Å². The van der Waals surface area contributed by atoms with Gasteiger partial charge in [-0.2, -0.15) is 0 Å². The number of pyridine rings is 1. The first-order valence-electron chi connectivity index (χ1n) is 7.73. The Bertz CT molecular complexity index is 1150. The molecule has 0 unspecified atom stereocenters. The molecular formula is C18H13N3O3S. The van der Waals surface area contributed by atoms with Crippen molar-refractivity contribution < 1.29 is 9.53 Å². The molecule has 124 valence electrons. The number of H-pyrrole nitrogens is 1. The number of esters is 1. The third-order valence-corrected chi connectivity index (χ3v) is 4.82. The quantitative estimate of drug-likeness (QED) is 0.572. The lowest BCUT2D eigenvalue weighted by Crippen LogP contribution is -2.16. The van der Waals surface area contributed by atoms with E-state index in [1.54, 1.807) is 6.92 Å². The van der Waals surface area contributed by atoms with Crippen LogP contribution >= 0.6 is 11.3 Å². The number of rotatable bonds is 3. The fourth-order valence-corrected chi connectivity index (χ4v) is 3.61. The topological polar surface area (TPSA) is 84.9 Å². The molecule has 0 saturated carbocycles. The first-order chi connectivity index (χ1) is 12.2. The van der Waals surface area contributed by atoms with Crippen LogP contribution < -0.4 is 5.56 Å². The zero-order valence-electron chi connectivity index (χ0n) is 13.3. The fourth-order valence-electron chi connectivity index (χ4n) is 2.60. The van der Waals surface area contributed by atoms with Crippen molar-refractivity contribution in [2.24, 2.45) is 0 Å². The van der Waals surface area contributed by atoms with Crippen LogP contribution in [0.1, 0.15) is 17.5 Å². The van der Waals surface area contributed by atoms with Gasteiger partial charge in [0.2, 0.25) is 5.82 Å². The molecule has 1 aromatic carbocycles. The van der Waals surface area contributed by atoms with Gasteiger partial charge in [0, 0.05) is 10.9 Å². The lowest BCUT2D eigenvalue weighted by atomic mass is 10.1. The molecule has 0 amide bonds. The molecule has 25 heavy (non-hydrogen) atoms. The van der Waals surface area contributed by atoms with Gasteiger partial charge in [0.05, 0.1) is 17.8 Å². The van der Waals surface area contributed by atoms with Gasteiger partial charge in [0.1, 0.15) is 9.53 Å². The van der Waals surface area contributed by atoms with Crippen LogP contribution in [0.25, 0.3) is 31.7 Å². The highest BCUT2D eigenvalue weighted by Crippen LogP contribution is 2.31. The summed E-state index contributed by atoms with van der Waals surface area (Å²) < 4.78 is 5.36. The van der Waals surface area contributed by atoms with Crippen molar-refractivity contribution in [2.75, 3.05) is 6.61 Å². The largest absolute Gasteiger partial charge is 0.460 e. The van der Waals surface area contributed by atoms with Crippen LogP contribution in [0, 0.1) is 0 Å². The van der Waals surface area contributed by atoms with Gasteiger partial charge in [-0.15, -0.1) is 11.3 Å². The molecule has 0 aliphatic rings. The second-order valence-electron chi connectivity index (χ2n) is 5.33. The molecule has 0 aliphatic carbocycles. The number of aromatic nitrogens is 3. The van der Waals surface area contributed by atoms with Crippen LogP contribution in [0.2, 0.25) is 0 Å². The number of nitrogens with zero attached hydrogens (tertiary/aromatic N) is 2. The van der Waals surface area contributed by atoms with Crippen LogP contribution in [0.5, 0.6) is 0 Å². The molecule has 6 nitrogen and oxygen atoms in total. The van der Waals surface area contributed by atoms with Crippen LogP contribution in [0.3, 0.4) is 0 Å². The third kappa shape index (κ3) is 2.68. The summed E-state index contributed by atoms with van der Waals surface area (Å²) in [5, 5.41) is 0.747. The molecule has 0 saturated heterocycles. The first kappa shape index (κ1) is 15.5. The van der Waals surface area contributed by atoms with Crippen molar-refractivity contribution in [1.29, 1.82) is 0 Å². The molecule has 0 radical (unpaired) electrons. The molecule has 0 atom stereocenters. The number of carbonyl (C=O) groups is 1. The second-order valence-corrected chi connectivity index (χ2v) is 6.33. The Labute approximate surface area is 146 Å². The average Bonchev–Trinajstić information content (AvgIpc) is 3.01. The normalized spacial score (nSPS) is 11.1. The van der Waals surface area contributed by atoms with E-state index in [9.17, 15) is 9.59 Å². The van der Waals surface area contributed by atoms with E-state index in [1.807, 2.05) is 42.5 Å². The van der Waals surface area contributed by atoms with Crippen molar-refractivity contribution in [3.8, 4) is 11.3 Å². The van der Waals surface area contributed by atoms with Gasteiger partial charge in [0.25, 0.3) is 5.56 Å². The van der Waals surface area contributed by atoms with Gasteiger partial charge in [0.15, 0.2) is 0 Å². The number of fused-ring (bicyclic) bond motifs is 3. The Kier molecular flexibility index (Phi) is 3.77. The lowest BCUT2D eigenvalue weighted by molar-refractivity contribution is 0.0512. The Balaban J connectivity index is 1.91. The van der Waals surface area contributed by atoms with Crippen molar-refractivity contribution in [3.63, 3.8) is 0 Å². The molecule has 7 heteroatoms. The number of thiophene rings is 1. The van der Waals surface area contributed by atoms with Crippen LogP contribution in [0.4, 0.5) is 0 Å². The second kappa shape index (κ2) is 6.10. The van der Waals surface area contributed by atoms with E-state index < -0.39 is 5.97 Å². The minimum atomic E-state index is -0.644. The highest BCUT2D eigenvalue weighted by molar-refractivity contribution is 7.25. The summed E-state index contributed by atoms with van der Waals surface area (Å²) in [5.74, 6) is -0.735. The number of nitrogens with one attached hydrogen (secondary N) is 1. The monoisotopic (exact) mass is 351 g/mol. The Hall–Kier alpha value is -3.06. The molecule has 0 fully saturated rings. The Morgan fingerprint density at radius 2 is 1.96 bits per heavy atom. The van der Waals surface area contributed by atoms with Gasteiger partial charge >= 0.3 is 5.97 Å².